The van der Waals surface area contributed by atoms with Gasteiger partial charge in [0.05, 0.1) is 0 Å². The highest BCUT2D eigenvalue weighted by Gasteiger charge is 2.13. The van der Waals surface area contributed by atoms with Gasteiger partial charge in [0.1, 0.15) is 16.8 Å². The molecule has 4 N–H and O–H groups in total. The van der Waals surface area contributed by atoms with E-state index in [1.807, 2.05) is 42.5 Å². The number of nitrogens with two attached hydrogens (primary N) is 1. The number of benzene rings is 2. The summed E-state index contributed by atoms with van der Waals surface area (Å²) in [6, 6.07) is 17.1. The highest BCUT2D eigenvalue weighted by Crippen LogP contribution is 2.28. The SMILES string of the molecule is NC(=NO)c1ccc(Cc2c[nH]c(=O)c(Br)c2OCc2ccccc2)cc1. The summed E-state index contributed by atoms with van der Waals surface area (Å²) in [4.78, 5) is 14.7. The number of hydrogen-bond donors (Lipinski definition) is 3. The van der Waals surface area contributed by atoms with Crippen LogP contribution in [-0.4, -0.2) is 16.0 Å². The molecule has 3 rings (SSSR count). The molecule has 3 aromatic rings. The van der Waals surface area contributed by atoms with Gasteiger partial charge in [-0.2, -0.15) is 0 Å². The van der Waals surface area contributed by atoms with Crippen LogP contribution in [0.15, 0.2) is 75.2 Å². The molecule has 0 amide bonds. The van der Waals surface area contributed by atoms with Crippen molar-refractivity contribution in [3.63, 3.8) is 0 Å². The third kappa shape index (κ3) is 4.57. The number of halogens is 1. The van der Waals surface area contributed by atoms with Crippen LogP contribution >= 0.6 is 15.9 Å². The number of aromatic amines is 1. The Labute approximate surface area is 164 Å². The van der Waals surface area contributed by atoms with Crippen molar-refractivity contribution in [2.45, 2.75) is 13.0 Å². The second-order valence-corrected chi connectivity index (χ2v) is 6.71. The Hall–Kier alpha value is -3.06. The topological polar surface area (TPSA) is 101 Å². The van der Waals surface area contributed by atoms with Gasteiger partial charge in [0.15, 0.2) is 5.84 Å². The first-order valence-electron chi connectivity index (χ1n) is 8.22. The molecule has 138 valence electrons. The number of ether oxygens (including phenoxy) is 1. The van der Waals surface area contributed by atoms with E-state index in [4.69, 9.17) is 15.7 Å². The Morgan fingerprint density at radius 2 is 1.81 bits per heavy atom. The van der Waals surface area contributed by atoms with E-state index >= 15 is 0 Å². The monoisotopic (exact) mass is 427 g/mol. The van der Waals surface area contributed by atoms with Crippen LogP contribution in [0.25, 0.3) is 0 Å². The van der Waals surface area contributed by atoms with Crippen LogP contribution in [0.2, 0.25) is 0 Å². The summed E-state index contributed by atoms with van der Waals surface area (Å²) < 4.78 is 6.31. The number of oxime groups is 1. The van der Waals surface area contributed by atoms with E-state index in [1.165, 1.54) is 0 Å². The van der Waals surface area contributed by atoms with Crippen LogP contribution in [0.4, 0.5) is 0 Å². The summed E-state index contributed by atoms with van der Waals surface area (Å²) in [5.74, 6) is 0.573. The molecule has 0 aliphatic carbocycles. The molecule has 0 bridgehead atoms. The minimum Gasteiger partial charge on any atom is -0.487 e. The zero-order valence-electron chi connectivity index (χ0n) is 14.4. The molecule has 0 radical (unpaired) electrons. The van der Waals surface area contributed by atoms with Crippen LogP contribution < -0.4 is 16.0 Å². The van der Waals surface area contributed by atoms with E-state index in [0.29, 0.717) is 28.8 Å². The van der Waals surface area contributed by atoms with Gasteiger partial charge in [0.25, 0.3) is 5.56 Å². The second kappa shape index (κ2) is 8.55. The minimum absolute atomic E-state index is 0.0558. The fourth-order valence-corrected chi connectivity index (χ4v) is 3.10. The van der Waals surface area contributed by atoms with Gasteiger partial charge >= 0.3 is 0 Å². The van der Waals surface area contributed by atoms with E-state index in [0.717, 1.165) is 16.7 Å². The van der Waals surface area contributed by atoms with Crippen molar-refractivity contribution >= 4 is 21.8 Å². The Kier molecular flexibility index (Phi) is 5.93. The molecule has 1 aromatic heterocycles. The largest absolute Gasteiger partial charge is 0.487 e. The van der Waals surface area contributed by atoms with E-state index < -0.39 is 0 Å². The third-order valence-corrected chi connectivity index (χ3v) is 4.77. The maximum absolute atomic E-state index is 12.0. The number of amidine groups is 1. The molecular formula is C20H18BrN3O3. The maximum atomic E-state index is 12.0. The number of nitrogens with one attached hydrogen (secondary N) is 1. The van der Waals surface area contributed by atoms with Gasteiger partial charge in [0.2, 0.25) is 0 Å². The van der Waals surface area contributed by atoms with E-state index in [1.54, 1.807) is 18.3 Å². The lowest BCUT2D eigenvalue weighted by Gasteiger charge is -2.13. The number of hydrogen-bond acceptors (Lipinski definition) is 4. The third-order valence-electron chi connectivity index (χ3n) is 4.05. The number of rotatable bonds is 6. The van der Waals surface area contributed by atoms with Crippen molar-refractivity contribution in [2.24, 2.45) is 10.9 Å². The molecule has 6 nitrogen and oxygen atoms in total. The molecule has 0 fully saturated rings. The van der Waals surface area contributed by atoms with Crippen LogP contribution in [0.1, 0.15) is 22.3 Å². The summed E-state index contributed by atoms with van der Waals surface area (Å²) in [6.07, 6.45) is 2.21. The van der Waals surface area contributed by atoms with Crippen molar-refractivity contribution in [3.8, 4) is 5.75 Å². The smallest absolute Gasteiger partial charge is 0.266 e. The molecule has 7 heteroatoms. The Morgan fingerprint density at radius 3 is 2.48 bits per heavy atom. The van der Waals surface area contributed by atoms with Gasteiger partial charge in [-0.1, -0.05) is 59.8 Å². The van der Waals surface area contributed by atoms with Crippen molar-refractivity contribution in [1.82, 2.24) is 4.98 Å². The standard InChI is InChI=1S/C20H18BrN3O3/c21-17-18(27-12-14-4-2-1-3-5-14)16(11-23-20(17)25)10-13-6-8-15(9-7-13)19(22)24-26/h1-9,11,26H,10,12H2,(H2,22,24)(H,23,25). The quantitative estimate of drug-likeness (QED) is 0.243. The Morgan fingerprint density at radius 1 is 1.11 bits per heavy atom. The van der Waals surface area contributed by atoms with Gasteiger partial charge in [-0.05, 0) is 27.1 Å². The van der Waals surface area contributed by atoms with Gasteiger partial charge in [0, 0.05) is 23.7 Å². The van der Waals surface area contributed by atoms with Crippen molar-refractivity contribution in [2.75, 3.05) is 0 Å². The Bertz CT molecular complexity index is 999. The lowest BCUT2D eigenvalue weighted by atomic mass is 10.0. The fourth-order valence-electron chi connectivity index (χ4n) is 2.61. The van der Waals surface area contributed by atoms with Crippen molar-refractivity contribution in [3.05, 3.63) is 97.9 Å². The lowest BCUT2D eigenvalue weighted by Crippen LogP contribution is -2.13. The lowest BCUT2D eigenvalue weighted by molar-refractivity contribution is 0.300. The molecule has 1 heterocycles. The average molecular weight is 428 g/mol. The maximum Gasteiger partial charge on any atom is 0.266 e. The van der Waals surface area contributed by atoms with E-state index in [9.17, 15) is 4.79 Å². The fraction of sp³-hybridized carbons (Fsp3) is 0.100. The molecule has 0 saturated carbocycles. The number of H-pyrrole nitrogens is 1. The molecule has 0 spiro atoms. The molecule has 0 saturated heterocycles. The van der Waals surface area contributed by atoms with E-state index in [-0.39, 0.29) is 11.4 Å². The van der Waals surface area contributed by atoms with E-state index in [2.05, 4.69) is 26.1 Å². The zero-order chi connectivity index (χ0) is 19.2. The molecule has 0 atom stereocenters. The van der Waals surface area contributed by atoms with Gasteiger partial charge < -0.3 is 20.7 Å². The Balaban J connectivity index is 1.84. The average Bonchev–Trinajstić information content (AvgIpc) is 2.71. The molecular weight excluding hydrogens is 410 g/mol. The van der Waals surface area contributed by atoms with Crippen molar-refractivity contribution < 1.29 is 9.94 Å². The van der Waals surface area contributed by atoms with Gasteiger partial charge in [-0.15, -0.1) is 0 Å². The second-order valence-electron chi connectivity index (χ2n) is 5.92. The molecule has 2 aromatic carbocycles. The van der Waals surface area contributed by atoms with Crippen LogP contribution in [0.3, 0.4) is 0 Å². The predicted octanol–water partition coefficient (Wildman–Crippen LogP) is 3.40. The first-order chi connectivity index (χ1) is 13.1. The number of pyridine rings is 1. The molecule has 0 unspecified atom stereocenters. The number of aromatic nitrogens is 1. The summed E-state index contributed by atoms with van der Waals surface area (Å²) >= 11 is 3.33. The molecule has 27 heavy (non-hydrogen) atoms. The summed E-state index contributed by atoms with van der Waals surface area (Å²) in [7, 11) is 0. The predicted molar refractivity (Wildman–Crippen MR) is 107 cm³/mol. The van der Waals surface area contributed by atoms with Crippen LogP contribution in [-0.2, 0) is 13.0 Å². The van der Waals surface area contributed by atoms with Crippen LogP contribution in [0.5, 0.6) is 5.75 Å². The highest BCUT2D eigenvalue weighted by molar-refractivity contribution is 9.10. The van der Waals surface area contributed by atoms with Crippen LogP contribution in [0, 0.1) is 0 Å². The van der Waals surface area contributed by atoms with Crippen molar-refractivity contribution in [1.29, 1.82) is 0 Å². The number of nitrogens with zero attached hydrogens (tertiary/aromatic N) is 1. The first-order valence-corrected chi connectivity index (χ1v) is 9.01. The zero-order valence-corrected chi connectivity index (χ0v) is 15.9. The highest BCUT2D eigenvalue weighted by atomic mass is 79.9. The molecule has 0 aliphatic heterocycles. The minimum atomic E-state index is -0.246. The van der Waals surface area contributed by atoms with Gasteiger partial charge in [-0.3, -0.25) is 4.79 Å². The summed E-state index contributed by atoms with van der Waals surface area (Å²) in [6.45, 7) is 0.359. The summed E-state index contributed by atoms with van der Waals surface area (Å²) in [5, 5.41) is 11.7. The first kappa shape index (κ1) is 18.7. The van der Waals surface area contributed by atoms with Gasteiger partial charge in [-0.25, -0.2) is 0 Å². The normalized spacial score (nSPS) is 11.4. The summed E-state index contributed by atoms with van der Waals surface area (Å²) in [5.41, 5.74) is 8.82. The molecule has 0 aliphatic rings.